The fourth-order valence-electron chi connectivity index (χ4n) is 2.27. The van der Waals surface area contributed by atoms with Crippen LogP contribution in [0.2, 0.25) is 0 Å². The predicted octanol–water partition coefficient (Wildman–Crippen LogP) is 3.57. The van der Waals surface area contributed by atoms with Crippen LogP contribution in [0.1, 0.15) is 34.4 Å². The standard InChI is InChI=1S/C14H20N4O2S/c1-5-6-12-13(18(19)20)14(17(4)16-12)15-8-11-7-9(2)10(3)21-11/h7,15H,5-6,8H2,1-4H3. The molecular weight excluding hydrogens is 288 g/mol. The van der Waals surface area contributed by atoms with Gasteiger partial charge in [-0.3, -0.25) is 10.1 Å². The van der Waals surface area contributed by atoms with Crippen LogP contribution < -0.4 is 5.32 Å². The number of aryl methyl sites for hydroxylation is 4. The Hall–Kier alpha value is -1.89. The summed E-state index contributed by atoms with van der Waals surface area (Å²) in [5, 5.41) is 18.8. The Morgan fingerprint density at radius 3 is 2.71 bits per heavy atom. The van der Waals surface area contributed by atoms with Gasteiger partial charge >= 0.3 is 5.69 Å². The minimum Gasteiger partial charge on any atom is -0.360 e. The van der Waals surface area contributed by atoms with E-state index in [-0.39, 0.29) is 10.6 Å². The molecular formula is C14H20N4O2S. The molecule has 0 radical (unpaired) electrons. The number of hydrogen-bond acceptors (Lipinski definition) is 5. The van der Waals surface area contributed by atoms with E-state index in [1.165, 1.54) is 10.4 Å². The van der Waals surface area contributed by atoms with Gasteiger partial charge in [-0.05, 0) is 31.9 Å². The first kappa shape index (κ1) is 15.5. The molecule has 0 aliphatic heterocycles. The number of nitrogens with zero attached hydrogens (tertiary/aromatic N) is 3. The Morgan fingerprint density at radius 2 is 2.19 bits per heavy atom. The highest BCUT2D eigenvalue weighted by Gasteiger charge is 2.25. The van der Waals surface area contributed by atoms with Gasteiger partial charge < -0.3 is 5.32 Å². The van der Waals surface area contributed by atoms with Crippen molar-refractivity contribution in [2.45, 2.75) is 40.2 Å². The molecule has 114 valence electrons. The van der Waals surface area contributed by atoms with Gasteiger partial charge in [-0.25, -0.2) is 4.68 Å². The van der Waals surface area contributed by atoms with Crippen LogP contribution in [0.15, 0.2) is 6.07 Å². The monoisotopic (exact) mass is 308 g/mol. The fraction of sp³-hybridized carbons (Fsp3) is 0.500. The van der Waals surface area contributed by atoms with Crippen molar-refractivity contribution in [1.82, 2.24) is 9.78 Å². The number of nitrogens with one attached hydrogen (secondary N) is 1. The third kappa shape index (κ3) is 3.24. The van der Waals surface area contributed by atoms with Crippen molar-refractivity contribution in [3.63, 3.8) is 0 Å². The fourth-order valence-corrected chi connectivity index (χ4v) is 3.26. The third-order valence-electron chi connectivity index (χ3n) is 3.41. The minimum absolute atomic E-state index is 0.101. The Morgan fingerprint density at radius 1 is 1.48 bits per heavy atom. The van der Waals surface area contributed by atoms with Crippen LogP contribution in [0.25, 0.3) is 0 Å². The van der Waals surface area contributed by atoms with Gasteiger partial charge in [-0.15, -0.1) is 11.3 Å². The second kappa shape index (κ2) is 6.26. The first-order valence-corrected chi connectivity index (χ1v) is 7.75. The average Bonchev–Trinajstić information content (AvgIpc) is 2.88. The molecule has 2 aromatic heterocycles. The highest BCUT2D eigenvalue weighted by Crippen LogP contribution is 2.30. The molecule has 21 heavy (non-hydrogen) atoms. The van der Waals surface area contributed by atoms with Crippen molar-refractivity contribution in [3.05, 3.63) is 37.2 Å². The van der Waals surface area contributed by atoms with Gasteiger partial charge in [0.15, 0.2) is 0 Å². The van der Waals surface area contributed by atoms with Crippen molar-refractivity contribution in [2.24, 2.45) is 7.05 Å². The molecule has 2 heterocycles. The van der Waals surface area contributed by atoms with Crippen molar-refractivity contribution < 1.29 is 4.92 Å². The van der Waals surface area contributed by atoms with E-state index in [1.54, 1.807) is 23.1 Å². The first-order chi connectivity index (χ1) is 9.93. The Kier molecular flexibility index (Phi) is 4.62. The maximum absolute atomic E-state index is 11.3. The van der Waals surface area contributed by atoms with Crippen LogP contribution in [0.5, 0.6) is 0 Å². The second-order valence-electron chi connectivity index (χ2n) is 5.08. The van der Waals surface area contributed by atoms with Gasteiger partial charge in [0, 0.05) is 16.8 Å². The van der Waals surface area contributed by atoms with Crippen LogP contribution >= 0.6 is 11.3 Å². The molecule has 0 amide bonds. The largest absolute Gasteiger partial charge is 0.360 e. The maximum Gasteiger partial charge on any atom is 0.334 e. The molecule has 0 atom stereocenters. The molecule has 0 saturated heterocycles. The molecule has 0 aliphatic carbocycles. The highest BCUT2D eigenvalue weighted by atomic mass is 32.1. The van der Waals surface area contributed by atoms with Crippen molar-refractivity contribution in [3.8, 4) is 0 Å². The molecule has 7 heteroatoms. The molecule has 0 saturated carbocycles. The van der Waals surface area contributed by atoms with Crippen LogP contribution in [-0.4, -0.2) is 14.7 Å². The van der Waals surface area contributed by atoms with Crippen molar-refractivity contribution in [1.29, 1.82) is 0 Å². The highest BCUT2D eigenvalue weighted by molar-refractivity contribution is 7.12. The Balaban J connectivity index is 2.24. The molecule has 6 nitrogen and oxygen atoms in total. The van der Waals surface area contributed by atoms with Crippen LogP contribution in [0, 0.1) is 24.0 Å². The van der Waals surface area contributed by atoms with E-state index in [4.69, 9.17) is 0 Å². The van der Waals surface area contributed by atoms with Gasteiger partial charge in [-0.2, -0.15) is 5.10 Å². The number of nitro groups is 1. The van der Waals surface area contributed by atoms with Gasteiger partial charge in [-0.1, -0.05) is 13.3 Å². The van der Waals surface area contributed by atoms with Gasteiger partial charge in [0.1, 0.15) is 5.69 Å². The van der Waals surface area contributed by atoms with Crippen LogP contribution in [0.3, 0.4) is 0 Å². The lowest BCUT2D eigenvalue weighted by Gasteiger charge is -2.04. The summed E-state index contributed by atoms with van der Waals surface area (Å²) in [7, 11) is 1.74. The van der Waals surface area contributed by atoms with Gasteiger partial charge in [0.05, 0.1) is 11.5 Å². The molecule has 0 spiro atoms. The topological polar surface area (TPSA) is 73.0 Å². The molecule has 0 aromatic carbocycles. The summed E-state index contributed by atoms with van der Waals surface area (Å²) in [6.07, 6.45) is 1.45. The van der Waals surface area contributed by atoms with E-state index < -0.39 is 0 Å². The molecule has 0 bridgehead atoms. The zero-order valence-electron chi connectivity index (χ0n) is 12.8. The first-order valence-electron chi connectivity index (χ1n) is 6.94. The summed E-state index contributed by atoms with van der Waals surface area (Å²) in [6, 6.07) is 2.11. The Labute approximate surface area is 127 Å². The smallest absolute Gasteiger partial charge is 0.334 e. The summed E-state index contributed by atoms with van der Waals surface area (Å²) in [6.45, 7) is 6.71. The van der Waals surface area contributed by atoms with E-state index in [2.05, 4.69) is 30.3 Å². The molecule has 2 rings (SSSR count). The summed E-state index contributed by atoms with van der Waals surface area (Å²) >= 11 is 1.71. The normalized spacial score (nSPS) is 10.9. The van der Waals surface area contributed by atoms with E-state index in [0.717, 1.165) is 11.3 Å². The molecule has 1 N–H and O–H groups in total. The number of aromatic nitrogens is 2. The SMILES string of the molecule is CCCc1nn(C)c(NCc2cc(C)c(C)s2)c1[N+](=O)[O-]. The third-order valence-corrected chi connectivity index (χ3v) is 4.56. The molecule has 0 fully saturated rings. The minimum atomic E-state index is -0.342. The quantitative estimate of drug-likeness (QED) is 0.654. The molecule has 0 unspecified atom stereocenters. The number of thiophene rings is 1. The summed E-state index contributed by atoms with van der Waals surface area (Å²) < 4.78 is 1.57. The second-order valence-corrected chi connectivity index (χ2v) is 6.42. The molecule has 2 aromatic rings. The van der Waals surface area contributed by atoms with Crippen LogP contribution in [-0.2, 0) is 20.0 Å². The average molecular weight is 308 g/mol. The van der Waals surface area contributed by atoms with Gasteiger partial charge in [0.2, 0.25) is 5.82 Å². The lowest BCUT2D eigenvalue weighted by molar-refractivity contribution is -0.384. The van der Waals surface area contributed by atoms with Crippen molar-refractivity contribution in [2.75, 3.05) is 5.32 Å². The number of hydrogen-bond donors (Lipinski definition) is 1. The Bertz CT molecular complexity index is 641. The van der Waals surface area contributed by atoms with E-state index in [0.29, 0.717) is 24.5 Å². The van der Waals surface area contributed by atoms with Crippen molar-refractivity contribution >= 4 is 22.8 Å². The van der Waals surface area contributed by atoms with Crippen LogP contribution in [0.4, 0.5) is 11.5 Å². The lowest BCUT2D eigenvalue weighted by atomic mass is 10.2. The number of rotatable bonds is 6. The molecule has 0 aliphatic rings. The maximum atomic E-state index is 11.3. The van der Waals surface area contributed by atoms with E-state index >= 15 is 0 Å². The van der Waals surface area contributed by atoms with Gasteiger partial charge in [0.25, 0.3) is 0 Å². The zero-order valence-corrected chi connectivity index (χ0v) is 13.6. The summed E-state index contributed by atoms with van der Waals surface area (Å²) in [5.41, 5.74) is 1.90. The van der Waals surface area contributed by atoms with E-state index in [1.807, 2.05) is 6.92 Å². The predicted molar refractivity (Wildman–Crippen MR) is 85.0 cm³/mol. The number of anilines is 1. The van der Waals surface area contributed by atoms with E-state index in [9.17, 15) is 10.1 Å². The lowest BCUT2D eigenvalue weighted by Crippen LogP contribution is -2.05. The summed E-state index contributed by atoms with van der Waals surface area (Å²) in [4.78, 5) is 13.4. The summed E-state index contributed by atoms with van der Waals surface area (Å²) in [5.74, 6) is 0.479. The zero-order chi connectivity index (χ0) is 15.6.